The van der Waals surface area contributed by atoms with Gasteiger partial charge in [0.25, 0.3) is 0 Å². The second kappa shape index (κ2) is 6.48. The van der Waals surface area contributed by atoms with Crippen LogP contribution in [0.15, 0.2) is 30.3 Å². The Morgan fingerprint density at radius 2 is 1.55 bits per heavy atom. The summed E-state index contributed by atoms with van der Waals surface area (Å²) >= 11 is 0. The van der Waals surface area contributed by atoms with E-state index in [1.165, 1.54) is 5.56 Å². The van der Waals surface area contributed by atoms with Crippen LogP contribution in [0.5, 0.6) is 0 Å². The molecule has 2 N–H and O–H groups in total. The average Bonchev–Trinajstić information content (AvgIpc) is 2.56. The van der Waals surface area contributed by atoms with Crippen LogP contribution in [-0.4, -0.2) is 24.9 Å². The molecule has 20 heavy (non-hydrogen) atoms. The molecule has 0 aromatic heterocycles. The molecule has 1 heterocycles. The van der Waals surface area contributed by atoms with Gasteiger partial charge in [0, 0.05) is 5.82 Å². The summed E-state index contributed by atoms with van der Waals surface area (Å²) in [5.74, 6) is 0.187. The van der Waals surface area contributed by atoms with Crippen molar-refractivity contribution in [3.8, 4) is 0 Å². The minimum atomic E-state index is -0.292. The molecule has 5 heteroatoms. The van der Waals surface area contributed by atoms with Crippen LogP contribution in [0.4, 0.5) is 0 Å². The fraction of sp³-hybridized carbons (Fsp3) is 0.600. The number of hydrogen-bond acceptors (Lipinski definition) is 3. The number of halogens is 1. The molecule has 0 unspecified atom stereocenters. The van der Waals surface area contributed by atoms with Crippen molar-refractivity contribution in [3.05, 3.63) is 35.9 Å². The molecule has 1 fully saturated rings. The topological polar surface area (TPSA) is 44.5 Å². The van der Waals surface area contributed by atoms with E-state index in [-0.39, 0.29) is 36.5 Å². The Morgan fingerprint density at radius 3 is 2.00 bits per heavy atom. The van der Waals surface area contributed by atoms with E-state index in [1.807, 2.05) is 18.2 Å². The van der Waals surface area contributed by atoms with Crippen molar-refractivity contribution in [1.29, 1.82) is 0 Å². The first-order valence-electron chi connectivity index (χ1n) is 6.98. The molecule has 0 aliphatic carbocycles. The van der Waals surface area contributed by atoms with Crippen molar-refractivity contribution in [2.24, 2.45) is 5.73 Å². The average molecular weight is 298 g/mol. The Hall–Kier alpha value is -0.545. The molecule has 1 aliphatic heterocycles. The van der Waals surface area contributed by atoms with Gasteiger partial charge in [0.2, 0.25) is 0 Å². The summed E-state index contributed by atoms with van der Waals surface area (Å²) in [6, 6.07) is 10.3. The summed E-state index contributed by atoms with van der Waals surface area (Å²) < 4.78 is 12.3. The van der Waals surface area contributed by atoms with Crippen LogP contribution in [0.3, 0.4) is 0 Å². The molecule has 0 spiro atoms. The molecule has 1 aromatic carbocycles. The van der Waals surface area contributed by atoms with E-state index in [9.17, 15) is 0 Å². The van der Waals surface area contributed by atoms with Crippen LogP contribution in [0.25, 0.3) is 0 Å². The van der Waals surface area contributed by atoms with Crippen molar-refractivity contribution in [1.82, 2.24) is 0 Å². The molecule has 1 aliphatic rings. The van der Waals surface area contributed by atoms with Gasteiger partial charge in [0.15, 0.2) is 0 Å². The molecule has 112 valence electrons. The van der Waals surface area contributed by atoms with E-state index in [0.29, 0.717) is 6.54 Å². The van der Waals surface area contributed by atoms with Gasteiger partial charge in [-0.3, -0.25) is 0 Å². The summed E-state index contributed by atoms with van der Waals surface area (Å²) in [4.78, 5) is 0. The predicted molar refractivity (Wildman–Crippen MR) is 86.2 cm³/mol. The summed E-state index contributed by atoms with van der Waals surface area (Å²) in [5, 5.41) is 0. The highest BCUT2D eigenvalue weighted by Gasteiger charge is 2.53. The van der Waals surface area contributed by atoms with Crippen molar-refractivity contribution in [2.75, 3.05) is 6.54 Å². The normalized spacial score (nSPS) is 21.4. The van der Waals surface area contributed by atoms with Gasteiger partial charge >= 0.3 is 7.12 Å². The van der Waals surface area contributed by atoms with E-state index < -0.39 is 0 Å². The van der Waals surface area contributed by atoms with Gasteiger partial charge in [-0.15, -0.1) is 12.4 Å². The molecule has 0 bridgehead atoms. The first-order valence-corrected chi connectivity index (χ1v) is 6.98. The number of benzene rings is 1. The molecule has 0 saturated carbocycles. The zero-order valence-electron chi connectivity index (χ0n) is 12.8. The standard InChI is InChI=1S/C15H24BNO2.ClH/c1-14(2)15(3,4)19-16(18-14)13(10-11-17)12-8-6-5-7-9-12;/h5-9,13H,10-11,17H2,1-4H3;1H/t13-;/m0./s1. The highest BCUT2D eigenvalue weighted by atomic mass is 35.5. The Labute approximate surface area is 128 Å². The molecule has 1 atom stereocenters. The van der Waals surface area contributed by atoms with E-state index in [4.69, 9.17) is 15.0 Å². The van der Waals surface area contributed by atoms with Gasteiger partial charge in [-0.1, -0.05) is 30.3 Å². The lowest BCUT2D eigenvalue weighted by Crippen LogP contribution is -2.41. The highest BCUT2D eigenvalue weighted by Crippen LogP contribution is 2.41. The lowest BCUT2D eigenvalue weighted by Gasteiger charge is -2.32. The van der Waals surface area contributed by atoms with Gasteiger partial charge in [-0.05, 0) is 46.2 Å². The maximum absolute atomic E-state index is 6.16. The molecular weight excluding hydrogens is 272 g/mol. The van der Waals surface area contributed by atoms with E-state index in [1.54, 1.807) is 0 Å². The third-order valence-electron chi connectivity index (χ3n) is 4.31. The van der Waals surface area contributed by atoms with Gasteiger partial charge in [-0.2, -0.15) is 0 Å². The van der Waals surface area contributed by atoms with Crippen LogP contribution >= 0.6 is 12.4 Å². The minimum Gasteiger partial charge on any atom is -0.403 e. The van der Waals surface area contributed by atoms with Gasteiger partial charge in [-0.25, -0.2) is 0 Å². The minimum absolute atomic E-state index is 0. The third-order valence-corrected chi connectivity index (χ3v) is 4.31. The largest absolute Gasteiger partial charge is 0.465 e. The maximum Gasteiger partial charge on any atom is 0.465 e. The first kappa shape index (κ1) is 17.5. The predicted octanol–water partition coefficient (Wildman–Crippen LogP) is 3.17. The van der Waals surface area contributed by atoms with E-state index in [0.717, 1.165) is 6.42 Å². The fourth-order valence-corrected chi connectivity index (χ4v) is 2.39. The molecule has 3 nitrogen and oxygen atoms in total. The summed E-state index contributed by atoms with van der Waals surface area (Å²) in [6.07, 6.45) is 0.862. The maximum atomic E-state index is 6.16. The molecular formula is C15H25BClNO2. The lowest BCUT2D eigenvalue weighted by molar-refractivity contribution is 0.00578. The fourth-order valence-electron chi connectivity index (χ4n) is 2.39. The molecule has 0 amide bonds. The Kier molecular flexibility index (Phi) is 5.67. The van der Waals surface area contributed by atoms with Crippen molar-refractivity contribution < 1.29 is 9.31 Å². The number of nitrogens with two attached hydrogens (primary N) is 1. The van der Waals surface area contributed by atoms with Crippen LogP contribution in [-0.2, 0) is 9.31 Å². The van der Waals surface area contributed by atoms with Crippen LogP contribution in [0, 0.1) is 0 Å². The van der Waals surface area contributed by atoms with Gasteiger partial charge in [0.1, 0.15) is 0 Å². The lowest BCUT2D eigenvalue weighted by atomic mass is 9.66. The van der Waals surface area contributed by atoms with Crippen LogP contribution < -0.4 is 5.73 Å². The number of hydrogen-bond donors (Lipinski definition) is 1. The Bertz CT molecular complexity index is 409. The summed E-state index contributed by atoms with van der Waals surface area (Å²) in [7, 11) is -0.226. The van der Waals surface area contributed by atoms with Gasteiger partial charge < -0.3 is 15.0 Å². The summed E-state index contributed by atoms with van der Waals surface area (Å²) in [6.45, 7) is 8.95. The zero-order chi connectivity index (χ0) is 14.1. The second-order valence-corrected chi connectivity index (χ2v) is 6.22. The van der Waals surface area contributed by atoms with Crippen LogP contribution in [0.1, 0.15) is 45.5 Å². The highest BCUT2D eigenvalue weighted by molar-refractivity contribution is 6.47. The Morgan fingerprint density at radius 1 is 1.05 bits per heavy atom. The quantitative estimate of drug-likeness (QED) is 0.868. The van der Waals surface area contributed by atoms with Gasteiger partial charge in [0.05, 0.1) is 11.2 Å². The van der Waals surface area contributed by atoms with Crippen molar-refractivity contribution in [2.45, 2.75) is 51.1 Å². The van der Waals surface area contributed by atoms with Crippen molar-refractivity contribution in [3.63, 3.8) is 0 Å². The molecule has 1 aromatic rings. The Balaban J connectivity index is 0.00000200. The molecule has 0 radical (unpaired) electrons. The van der Waals surface area contributed by atoms with E-state index in [2.05, 4.69) is 39.8 Å². The monoisotopic (exact) mass is 297 g/mol. The number of rotatable bonds is 4. The second-order valence-electron chi connectivity index (χ2n) is 6.22. The smallest absolute Gasteiger partial charge is 0.403 e. The van der Waals surface area contributed by atoms with E-state index >= 15 is 0 Å². The zero-order valence-corrected chi connectivity index (χ0v) is 13.6. The molecule has 1 saturated heterocycles. The van der Waals surface area contributed by atoms with Crippen molar-refractivity contribution >= 4 is 19.5 Å². The summed E-state index contributed by atoms with van der Waals surface area (Å²) in [5.41, 5.74) is 6.40. The first-order chi connectivity index (χ1) is 8.87. The third kappa shape index (κ3) is 3.37. The molecule has 2 rings (SSSR count). The van der Waals surface area contributed by atoms with Crippen LogP contribution in [0.2, 0.25) is 0 Å². The SMILES string of the molecule is CC1(C)OB([C@@H](CCN)c2ccccc2)OC1(C)C.Cl.